The van der Waals surface area contributed by atoms with Crippen LogP contribution in [0.2, 0.25) is 0 Å². The predicted octanol–water partition coefficient (Wildman–Crippen LogP) is 3.94. The number of hydrogen-bond acceptors (Lipinski definition) is 6. The predicted molar refractivity (Wildman–Crippen MR) is 95.5 cm³/mol. The van der Waals surface area contributed by atoms with E-state index in [-0.39, 0.29) is 11.7 Å². The van der Waals surface area contributed by atoms with Crippen LogP contribution in [0, 0.1) is 11.6 Å². The average Bonchev–Trinajstić information content (AvgIpc) is 2.71. The summed E-state index contributed by atoms with van der Waals surface area (Å²) in [6.45, 7) is -1.00. The Morgan fingerprint density at radius 2 is 1.86 bits per heavy atom. The van der Waals surface area contributed by atoms with Crippen LogP contribution >= 0.6 is 0 Å². The van der Waals surface area contributed by atoms with Crippen LogP contribution < -0.4 is 9.64 Å². The first-order valence-electron chi connectivity index (χ1n) is 8.77. The Morgan fingerprint density at radius 3 is 2.59 bits per heavy atom. The van der Waals surface area contributed by atoms with E-state index in [1.54, 1.807) is 29.6 Å². The highest BCUT2D eigenvalue weighted by atomic mass is 19.3. The van der Waals surface area contributed by atoms with E-state index in [1.165, 1.54) is 0 Å². The molecule has 29 heavy (non-hydrogen) atoms. The van der Waals surface area contributed by atoms with Crippen molar-refractivity contribution in [2.75, 3.05) is 11.4 Å². The average molecular weight is 405 g/mol. The largest absolute Gasteiger partial charge is 0.431 e. The number of rotatable bonds is 4. The summed E-state index contributed by atoms with van der Waals surface area (Å²) in [6, 6.07) is 3.42. The summed E-state index contributed by atoms with van der Waals surface area (Å²) < 4.78 is 56.8. The molecule has 1 aliphatic rings. The third-order valence-corrected chi connectivity index (χ3v) is 4.70. The molecule has 1 aliphatic heterocycles. The second-order valence-corrected chi connectivity index (χ2v) is 6.41. The number of aromatic nitrogens is 4. The second kappa shape index (κ2) is 7.61. The fourth-order valence-corrected chi connectivity index (χ4v) is 3.34. The van der Waals surface area contributed by atoms with Crippen LogP contribution in [0.3, 0.4) is 0 Å². The van der Waals surface area contributed by atoms with Crippen LogP contribution in [0.25, 0.3) is 11.6 Å². The first-order valence-corrected chi connectivity index (χ1v) is 8.77. The summed E-state index contributed by atoms with van der Waals surface area (Å²) in [5.41, 5.74) is 1.81. The second-order valence-electron chi connectivity index (χ2n) is 6.41. The van der Waals surface area contributed by atoms with Crippen molar-refractivity contribution in [3.05, 3.63) is 59.7 Å². The molecule has 0 bridgehead atoms. The summed E-state index contributed by atoms with van der Waals surface area (Å²) in [6.07, 6.45) is 5.32. The lowest BCUT2D eigenvalue weighted by molar-refractivity contribution is -0.0524. The van der Waals surface area contributed by atoms with Crippen molar-refractivity contribution in [1.82, 2.24) is 19.9 Å². The van der Waals surface area contributed by atoms with E-state index >= 15 is 0 Å². The molecular formula is C19H15F4N5O. The lowest BCUT2D eigenvalue weighted by Crippen LogP contribution is -2.35. The molecular weight excluding hydrogens is 390 g/mol. The van der Waals surface area contributed by atoms with Crippen molar-refractivity contribution >= 4 is 5.69 Å². The molecule has 0 fully saturated rings. The van der Waals surface area contributed by atoms with Gasteiger partial charge in [-0.2, -0.15) is 13.2 Å². The van der Waals surface area contributed by atoms with Crippen LogP contribution in [0.15, 0.2) is 36.8 Å². The fraction of sp³-hybridized carbons (Fsp3) is 0.263. The van der Waals surface area contributed by atoms with Gasteiger partial charge in [-0.1, -0.05) is 0 Å². The van der Waals surface area contributed by atoms with Gasteiger partial charge in [0.1, 0.15) is 0 Å². The van der Waals surface area contributed by atoms with E-state index in [9.17, 15) is 17.6 Å². The molecule has 1 atom stereocenters. The van der Waals surface area contributed by atoms with Crippen molar-refractivity contribution in [2.24, 2.45) is 0 Å². The number of anilines is 1. The topological polar surface area (TPSA) is 64.0 Å². The Bertz CT molecular complexity index is 1030. The highest BCUT2D eigenvalue weighted by Crippen LogP contribution is 2.36. The van der Waals surface area contributed by atoms with Gasteiger partial charge in [0.15, 0.2) is 23.2 Å². The molecule has 3 aromatic rings. The highest BCUT2D eigenvalue weighted by Gasteiger charge is 2.28. The number of nitrogens with zero attached hydrogens (tertiary/aromatic N) is 5. The maximum Gasteiger partial charge on any atom is 0.387 e. The smallest absolute Gasteiger partial charge is 0.387 e. The van der Waals surface area contributed by atoms with E-state index < -0.39 is 24.0 Å². The number of ether oxygens (including phenoxy) is 1. The summed E-state index contributed by atoms with van der Waals surface area (Å²) in [5.74, 6) is -2.75. The number of benzene rings is 1. The highest BCUT2D eigenvalue weighted by molar-refractivity contribution is 5.55. The minimum atomic E-state index is -3.26. The molecule has 0 amide bonds. The van der Waals surface area contributed by atoms with Crippen LogP contribution in [-0.4, -0.2) is 33.1 Å². The van der Waals surface area contributed by atoms with Crippen LogP contribution in [0.4, 0.5) is 23.2 Å². The SMILES string of the molecule is CC1c2cnc(-c3ncccn3)nc2CCN1c1cc(F)c(F)c(OC(F)F)c1. The molecule has 2 aromatic heterocycles. The van der Waals surface area contributed by atoms with Crippen molar-refractivity contribution < 1.29 is 22.3 Å². The van der Waals surface area contributed by atoms with Crippen molar-refractivity contribution in [3.63, 3.8) is 0 Å². The van der Waals surface area contributed by atoms with E-state index in [0.29, 0.717) is 24.6 Å². The third-order valence-electron chi connectivity index (χ3n) is 4.70. The van der Waals surface area contributed by atoms with Gasteiger partial charge in [0.2, 0.25) is 5.82 Å². The van der Waals surface area contributed by atoms with Gasteiger partial charge in [0.05, 0.1) is 11.7 Å². The normalized spacial score (nSPS) is 16.1. The molecule has 0 saturated heterocycles. The van der Waals surface area contributed by atoms with Gasteiger partial charge in [0, 0.05) is 54.9 Å². The Hall–Kier alpha value is -3.30. The summed E-state index contributed by atoms with van der Waals surface area (Å²) >= 11 is 0. The Morgan fingerprint density at radius 1 is 1.10 bits per heavy atom. The minimum absolute atomic E-state index is 0.230. The monoisotopic (exact) mass is 405 g/mol. The van der Waals surface area contributed by atoms with E-state index in [1.807, 2.05) is 6.92 Å². The van der Waals surface area contributed by atoms with Gasteiger partial charge in [-0.25, -0.2) is 24.3 Å². The molecule has 10 heteroatoms. The number of hydrogen-bond donors (Lipinski definition) is 0. The van der Waals surface area contributed by atoms with Crippen LogP contribution in [0.5, 0.6) is 5.75 Å². The van der Waals surface area contributed by atoms with E-state index in [4.69, 9.17) is 0 Å². The Balaban J connectivity index is 1.66. The quantitative estimate of drug-likeness (QED) is 0.613. The van der Waals surface area contributed by atoms with Gasteiger partial charge >= 0.3 is 6.61 Å². The molecule has 0 N–H and O–H groups in total. The zero-order valence-corrected chi connectivity index (χ0v) is 15.2. The molecule has 1 aromatic carbocycles. The maximum absolute atomic E-state index is 13.9. The molecule has 0 spiro atoms. The first kappa shape index (κ1) is 19.0. The maximum atomic E-state index is 13.9. The van der Waals surface area contributed by atoms with Crippen molar-refractivity contribution in [1.29, 1.82) is 0 Å². The molecule has 3 heterocycles. The summed E-state index contributed by atoms with van der Waals surface area (Å²) in [7, 11) is 0. The van der Waals surface area contributed by atoms with Crippen molar-refractivity contribution in [3.8, 4) is 17.4 Å². The molecule has 4 rings (SSSR count). The standard InChI is InChI=1S/C19H15F4N5O/c1-10-12-9-26-18(17-24-4-2-5-25-17)27-14(12)3-6-28(10)11-7-13(20)16(21)15(8-11)29-19(22)23/h2,4-5,7-10,19H,3,6H2,1H3. The Labute approximate surface area is 163 Å². The lowest BCUT2D eigenvalue weighted by atomic mass is 9.98. The summed E-state index contributed by atoms with van der Waals surface area (Å²) in [4.78, 5) is 18.9. The molecule has 0 saturated carbocycles. The van der Waals surface area contributed by atoms with Gasteiger partial charge in [-0.15, -0.1) is 0 Å². The number of alkyl halides is 2. The van der Waals surface area contributed by atoms with E-state index in [2.05, 4.69) is 24.7 Å². The lowest BCUT2D eigenvalue weighted by Gasteiger charge is -2.36. The summed E-state index contributed by atoms with van der Waals surface area (Å²) in [5, 5.41) is 0. The first-order chi connectivity index (χ1) is 13.9. The molecule has 0 radical (unpaired) electrons. The molecule has 6 nitrogen and oxygen atoms in total. The third kappa shape index (κ3) is 3.69. The van der Waals surface area contributed by atoms with Gasteiger partial charge in [-0.05, 0) is 13.0 Å². The van der Waals surface area contributed by atoms with Crippen LogP contribution in [-0.2, 0) is 6.42 Å². The number of fused-ring (bicyclic) bond motifs is 1. The molecule has 1 unspecified atom stereocenters. The molecule has 0 aliphatic carbocycles. The minimum Gasteiger partial charge on any atom is -0.431 e. The molecule has 150 valence electrons. The van der Waals surface area contributed by atoms with Gasteiger partial charge in [0.25, 0.3) is 0 Å². The Kier molecular flexibility index (Phi) is 4.99. The van der Waals surface area contributed by atoms with Gasteiger partial charge < -0.3 is 9.64 Å². The van der Waals surface area contributed by atoms with Crippen molar-refractivity contribution in [2.45, 2.75) is 26.0 Å². The fourth-order valence-electron chi connectivity index (χ4n) is 3.34. The van der Waals surface area contributed by atoms with Gasteiger partial charge in [-0.3, -0.25) is 0 Å². The zero-order chi connectivity index (χ0) is 20.5. The van der Waals surface area contributed by atoms with E-state index in [0.717, 1.165) is 23.4 Å². The van der Waals surface area contributed by atoms with Crippen LogP contribution in [0.1, 0.15) is 24.2 Å². The number of halogens is 4. The zero-order valence-electron chi connectivity index (χ0n) is 15.2.